The number of nitrogens with zero attached hydrogens (tertiary/aromatic N) is 2. The molecule has 0 radical (unpaired) electrons. The molecule has 3 rings (SSSR count). The minimum Gasteiger partial charge on any atom is -0.390 e. The fourth-order valence-electron chi connectivity index (χ4n) is 3.31. The van der Waals surface area contributed by atoms with Gasteiger partial charge in [0.05, 0.1) is 17.8 Å². The first-order chi connectivity index (χ1) is 14.1. The van der Waals surface area contributed by atoms with Gasteiger partial charge in [0.25, 0.3) is 0 Å². The molecule has 2 aromatic carbocycles. The third kappa shape index (κ3) is 5.40. The molecule has 1 aliphatic rings. The van der Waals surface area contributed by atoms with Crippen LogP contribution in [0, 0.1) is 12.8 Å². The average molecular weight is 418 g/mol. The summed E-state index contributed by atoms with van der Waals surface area (Å²) in [5, 5.41) is 4.17. The molecule has 0 unspecified atom stereocenters. The van der Waals surface area contributed by atoms with E-state index in [2.05, 4.69) is 5.16 Å². The Morgan fingerprint density at radius 2 is 1.77 bits per heavy atom. The van der Waals surface area contributed by atoms with Crippen molar-refractivity contribution < 1.29 is 22.8 Å². The molecule has 160 valence electrons. The van der Waals surface area contributed by atoms with Gasteiger partial charge >= 0.3 is 6.18 Å². The van der Waals surface area contributed by atoms with Crippen molar-refractivity contribution in [2.75, 3.05) is 6.54 Å². The van der Waals surface area contributed by atoms with E-state index in [1.807, 2.05) is 31.2 Å². The van der Waals surface area contributed by atoms with Crippen LogP contribution >= 0.6 is 0 Å². The van der Waals surface area contributed by atoms with Gasteiger partial charge < -0.3 is 9.74 Å². The van der Waals surface area contributed by atoms with Gasteiger partial charge in [-0.1, -0.05) is 61.0 Å². The lowest BCUT2D eigenvalue weighted by molar-refractivity contribution is -0.138. The summed E-state index contributed by atoms with van der Waals surface area (Å²) in [5.41, 5.74) is 2.89. The number of aryl methyl sites for hydroxylation is 1. The average Bonchev–Trinajstić information content (AvgIpc) is 3.15. The predicted octanol–water partition coefficient (Wildman–Crippen LogP) is 5.19. The van der Waals surface area contributed by atoms with Crippen molar-refractivity contribution in [1.29, 1.82) is 0 Å². The van der Waals surface area contributed by atoms with Crippen molar-refractivity contribution in [3.63, 3.8) is 0 Å². The van der Waals surface area contributed by atoms with Crippen molar-refractivity contribution in [2.24, 2.45) is 11.1 Å². The molecule has 0 bridgehead atoms. The second-order valence-electron chi connectivity index (χ2n) is 7.90. The number of amides is 1. The van der Waals surface area contributed by atoms with Crippen LogP contribution in [0.1, 0.15) is 42.5 Å². The lowest BCUT2D eigenvalue weighted by Crippen LogP contribution is -2.39. The van der Waals surface area contributed by atoms with E-state index in [-0.39, 0.29) is 24.5 Å². The topological polar surface area (TPSA) is 41.9 Å². The summed E-state index contributed by atoms with van der Waals surface area (Å²) in [5.74, 6) is -0.319. The molecule has 0 aromatic heterocycles. The van der Waals surface area contributed by atoms with Gasteiger partial charge in [-0.2, -0.15) is 13.2 Å². The SMILES string of the molecule is Cc1ccc(C2=NO[C@@H](CN(Cc3ccc(C(F)(F)F)cc3)C(=O)C(C)C)C2)cc1. The van der Waals surface area contributed by atoms with Gasteiger partial charge in [0, 0.05) is 18.9 Å². The van der Waals surface area contributed by atoms with Crippen LogP contribution in [0.2, 0.25) is 0 Å². The summed E-state index contributed by atoms with van der Waals surface area (Å²) in [7, 11) is 0. The molecule has 0 spiro atoms. The molecular weight excluding hydrogens is 393 g/mol. The van der Waals surface area contributed by atoms with Crippen LogP contribution in [0.3, 0.4) is 0 Å². The molecule has 0 aliphatic carbocycles. The fourth-order valence-corrected chi connectivity index (χ4v) is 3.31. The summed E-state index contributed by atoms with van der Waals surface area (Å²) in [6.45, 7) is 6.14. The second-order valence-corrected chi connectivity index (χ2v) is 7.90. The van der Waals surface area contributed by atoms with Gasteiger partial charge in [0.2, 0.25) is 5.91 Å². The number of rotatable bonds is 6. The Bertz CT molecular complexity index is 904. The Kier molecular flexibility index (Phi) is 6.48. The molecule has 1 amide bonds. The maximum atomic E-state index is 12.8. The van der Waals surface area contributed by atoms with Crippen LogP contribution in [0.15, 0.2) is 53.7 Å². The van der Waals surface area contributed by atoms with E-state index in [0.717, 1.165) is 29.0 Å². The molecule has 1 heterocycles. The van der Waals surface area contributed by atoms with Crippen LogP contribution in [0.4, 0.5) is 13.2 Å². The smallest absolute Gasteiger partial charge is 0.390 e. The van der Waals surface area contributed by atoms with Gasteiger partial charge in [0.15, 0.2) is 6.10 Å². The number of oxime groups is 1. The highest BCUT2D eigenvalue weighted by molar-refractivity contribution is 6.01. The summed E-state index contributed by atoms with van der Waals surface area (Å²) >= 11 is 0. The number of halogens is 3. The zero-order valence-electron chi connectivity index (χ0n) is 17.2. The number of carbonyl (C=O) groups excluding carboxylic acids is 1. The van der Waals surface area contributed by atoms with Crippen molar-refractivity contribution in [2.45, 2.75) is 46.0 Å². The minimum atomic E-state index is -4.38. The van der Waals surface area contributed by atoms with Crippen molar-refractivity contribution >= 4 is 11.6 Å². The lowest BCUT2D eigenvalue weighted by Gasteiger charge is -2.26. The van der Waals surface area contributed by atoms with Crippen LogP contribution < -0.4 is 0 Å². The monoisotopic (exact) mass is 418 g/mol. The largest absolute Gasteiger partial charge is 0.416 e. The Labute approximate surface area is 174 Å². The van der Waals surface area contributed by atoms with E-state index in [4.69, 9.17) is 4.84 Å². The molecule has 7 heteroatoms. The van der Waals surface area contributed by atoms with Gasteiger partial charge in [-0.3, -0.25) is 4.79 Å². The van der Waals surface area contributed by atoms with Gasteiger partial charge in [-0.25, -0.2) is 0 Å². The van der Waals surface area contributed by atoms with Crippen LogP contribution in [0.5, 0.6) is 0 Å². The Morgan fingerprint density at radius 3 is 2.33 bits per heavy atom. The van der Waals surface area contributed by atoms with Crippen LogP contribution in [-0.2, 0) is 22.4 Å². The van der Waals surface area contributed by atoms with E-state index in [1.54, 1.807) is 18.7 Å². The standard InChI is InChI=1S/C23H25F3N2O2/c1-15(2)22(29)28(13-17-6-10-19(11-7-17)23(24,25)26)14-20-12-21(27-30-20)18-8-4-16(3)5-9-18/h4-11,15,20H,12-14H2,1-3H3/t20-/m1/s1. The van der Waals surface area contributed by atoms with E-state index >= 15 is 0 Å². The summed E-state index contributed by atoms with van der Waals surface area (Å²) < 4.78 is 38.4. The third-order valence-corrected chi connectivity index (χ3v) is 5.00. The molecule has 1 atom stereocenters. The Morgan fingerprint density at radius 1 is 1.13 bits per heavy atom. The Hall–Kier alpha value is -2.83. The Balaban J connectivity index is 1.68. The first kappa shape index (κ1) is 21.9. The highest BCUT2D eigenvalue weighted by atomic mass is 19.4. The molecule has 0 N–H and O–H groups in total. The summed E-state index contributed by atoms with van der Waals surface area (Å²) in [4.78, 5) is 19.9. The molecule has 30 heavy (non-hydrogen) atoms. The van der Waals surface area contributed by atoms with Gasteiger partial charge in [-0.05, 0) is 30.2 Å². The molecular formula is C23H25F3N2O2. The zero-order chi connectivity index (χ0) is 21.9. The number of hydrogen-bond acceptors (Lipinski definition) is 3. The first-order valence-electron chi connectivity index (χ1n) is 9.88. The number of hydrogen-bond donors (Lipinski definition) is 0. The minimum absolute atomic E-state index is 0.0812. The van der Waals surface area contributed by atoms with Crippen molar-refractivity contribution in [3.05, 3.63) is 70.8 Å². The number of alkyl halides is 3. The highest BCUT2D eigenvalue weighted by Crippen LogP contribution is 2.29. The maximum Gasteiger partial charge on any atom is 0.416 e. The van der Waals surface area contributed by atoms with Crippen molar-refractivity contribution in [1.82, 2.24) is 4.90 Å². The molecule has 0 saturated carbocycles. The normalized spacial score (nSPS) is 16.4. The van der Waals surface area contributed by atoms with Crippen LogP contribution in [-0.4, -0.2) is 29.2 Å². The number of carbonyl (C=O) groups is 1. The van der Waals surface area contributed by atoms with Gasteiger partial charge in [0.1, 0.15) is 0 Å². The summed E-state index contributed by atoms with van der Waals surface area (Å²) in [6, 6.07) is 12.9. The van der Waals surface area contributed by atoms with Crippen molar-refractivity contribution in [3.8, 4) is 0 Å². The summed E-state index contributed by atoms with van der Waals surface area (Å²) in [6.07, 6.45) is -4.11. The molecule has 1 aliphatic heterocycles. The molecule has 2 aromatic rings. The second kappa shape index (κ2) is 8.90. The number of benzene rings is 2. The maximum absolute atomic E-state index is 12.8. The zero-order valence-corrected chi connectivity index (χ0v) is 17.2. The third-order valence-electron chi connectivity index (χ3n) is 5.00. The highest BCUT2D eigenvalue weighted by Gasteiger charge is 2.31. The molecule has 0 saturated heterocycles. The predicted molar refractivity (Wildman–Crippen MR) is 109 cm³/mol. The quantitative estimate of drug-likeness (QED) is 0.648. The molecule has 4 nitrogen and oxygen atoms in total. The first-order valence-corrected chi connectivity index (χ1v) is 9.88. The fraction of sp³-hybridized carbons (Fsp3) is 0.391. The van der Waals surface area contributed by atoms with E-state index in [0.29, 0.717) is 18.5 Å². The lowest BCUT2D eigenvalue weighted by atomic mass is 10.0. The van der Waals surface area contributed by atoms with E-state index in [1.165, 1.54) is 12.1 Å². The molecule has 0 fully saturated rings. The van der Waals surface area contributed by atoms with E-state index < -0.39 is 11.7 Å². The van der Waals surface area contributed by atoms with E-state index in [9.17, 15) is 18.0 Å². The van der Waals surface area contributed by atoms with Gasteiger partial charge in [-0.15, -0.1) is 0 Å². The van der Waals surface area contributed by atoms with Crippen LogP contribution in [0.25, 0.3) is 0 Å².